The summed E-state index contributed by atoms with van der Waals surface area (Å²) in [6.07, 6.45) is 7.95. The Kier molecular flexibility index (Phi) is 5.83. The molecule has 2 N–H and O–H groups in total. The summed E-state index contributed by atoms with van der Waals surface area (Å²) < 4.78 is 5.71. The number of amides is 2. The van der Waals surface area contributed by atoms with E-state index in [0.29, 0.717) is 37.0 Å². The number of urea groups is 1. The van der Waals surface area contributed by atoms with Crippen molar-refractivity contribution < 1.29 is 19.1 Å². The minimum Gasteiger partial charge on any atom is -0.481 e. The van der Waals surface area contributed by atoms with Crippen LogP contribution in [0.3, 0.4) is 0 Å². The molecule has 9 heteroatoms. The summed E-state index contributed by atoms with van der Waals surface area (Å²) in [6, 6.07) is -0.253. The molecular weight excluding hydrogens is 380 g/mol. The highest BCUT2D eigenvalue weighted by Crippen LogP contribution is 2.25. The fraction of sp³-hybridized carbons (Fsp3) is 0.474. The number of likely N-dealkylation sites (tertiary alicyclic amines) is 1. The maximum atomic E-state index is 12.3. The fourth-order valence-corrected chi connectivity index (χ4v) is 3.49. The van der Waals surface area contributed by atoms with Crippen molar-refractivity contribution in [1.29, 1.82) is 0 Å². The van der Waals surface area contributed by atoms with Gasteiger partial charge in [-0.3, -0.25) is 10.1 Å². The van der Waals surface area contributed by atoms with Crippen LogP contribution in [0.4, 0.5) is 9.93 Å². The van der Waals surface area contributed by atoms with Crippen molar-refractivity contribution in [2.75, 3.05) is 18.4 Å². The molecule has 0 radical (unpaired) electrons. The number of aromatic nitrogens is 2. The minimum absolute atomic E-state index is 0.0973. The van der Waals surface area contributed by atoms with E-state index in [2.05, 4.69) is 36.1 Å². The highest BCUT2D eigenvalue weighted by Gasteiger charge is 2.27. The van der Waals surface area contributed by atoms with Crippen molar-refractivity contribution in [3.8, 4) is 0 Å². The third-order valence-corrected chi connectivity index (χ3v) is 5.40. The van der Waals surface area contributed by atoms with Crippen molar-refractivity contribution in [2.45, 2.75) is 39.0 Å². The lowest BCUT2D eigenvalue weighted by atomic mass is 9.94. The van der Waals surface area contributed by atoms with Gasteiger partial charge in [0.25, 0.3) is 0 Å². The SMILES string of the molecule is CC(C)(C)c1cnc(C=Cc2cnc(NC(=O)N3CCC(C(=O)O)CC3)s2)o1. The number of piperidine rings is 1. The molecule has 0 aliphatic carbocycles. The Morgan fingerprint density at radius 3 is 2.57 bits per heavy atom. The Morgan fingerprint density at radius 2 is 1.96 bits per heavy atom. The van der Waals surface area contributed by atoms with Gasteiger partial charge in [0.1, 0.15) is 5.76 Å². The lowest BCUT2D eigenvalue weighted by Crippen LogP contribution is -2.42. The predicted octanol–water partition coefficient (Wildman–Crippen LogP) is 3.93. The Hall–Kier alpha value is -2.68. The number of oxazole rings is 1. The lowest BCUT2D eigenvalue weighted by Gasteiger charge is -2.29. The third-order valence-electron chi connectivity index (χ3n) is 4.52. The molecule has 0 aromatic carbocycles. The normalized spacial score (nSPS) is 15.9. The molecule has 3 heterocycles. The maximum absolute atomic E-state index is 12.3. The summed E-state index contributed by atoms with van der Waals surface area (Å²) in [5, 5.41) is 12.3. The number of hydrogen-bond acceptors (Lipinski definition) is 6. The molecule has 2 aromatic rings. The van der Waals surface area contributed by atoms with Crippen LogP contribution in [-0.2, 0) is 10.2 Å². The average molecular weight is 404 g/mol. The van der Waals surface area contributed by atoms with Gasteiger partial charge >= 0.3 is 12.0 Å². The van der Waals surface area contributed by atoms with Crippen LogP contribution in [0.15, 0.2) is 16.8 Å². The summed E-state index contributed by atoms with van der Waals surface area (Å²) in [7, 11) is 0. The standard InChI is InChI=1S/C19H24N4O4S/c1-19(2,3)14-11-20-15(27-14)5-4-13-10-21-17(28-13)22-18(26)23-8-6-12(7-9-23)16(24)25/h4-5,10-12H,6-9H2,1-3H3,(H,24,25)(H,21,22,26). The molecule has 2 aromatic heterocycles. The van der Waals surface area contributed by atoms with Crippen molar-refractivity contribution in [2.24, 2.45) is 5.92 Å². The number of carboxylic acid groups (broad SMARTS) is 1. The predicted molar refractivity (Wildman–Crippen MR) is 107 cm³/mol. The summed E-state index contributed by atoms with van der Waals surface area (Å²) >= 11 is 1.34. The Labute approximate surface area is 167 Å². The number of nitrogens with zero attached hydrogens (tertiary/aromatic N) is 3. The number of thiazole rings is 1. The van der Waals surface area contributed by atoms with Crippen molar-refractivity contribution in [3.05, 3.63) is 28.9 Å². The van der Waals surface area contributed by atoms with E-state index < -0.39 is 5.97 Å². The van der Waals surface area contributed by atoms with Crippen molar-refractivity contribution in [1.82, 2.24) is 14.9 Å². The highest BCUT2D eigenvalue weighted by atomic mass is 32.1. The molecule has 1 aliphatic rings. The Bertz CT molecular complexity index is 873. The van der Waals surface area contributed by atoms with E-state index in [1.54, 1.807) is 23.4 Å². The molecule has 150 valence electrons. The van der Waals surface area contributed by atoms with Gasteiger partial charge in [-0.2, -0.15) is 0 Å². The number of rotatable bonds is 4. The molecule has 0 bridgehead atoms. The van der Waals surface area contributed by atoms with Crippen molar-refractivity contribution >= 4 is 40.6 Å². The zero-order valence-corrected chi connectivity index (χ0v) is 17.0. The van der Waals surface area contributed by atoms with Crippen LogP contribution >= 0.6 is 11.3 Å². The van der Waals surface area contributed by atoms with Crippen LogP contribution < -0.4 is 5.32 Å². The smallest absolute Gasteiger partial charge is 0.323 e. The van der Waals surface area contributed by atoms with Gasteiger partial charge in [0, 0.05) is 35.7 Å². The molecule has 28 heavy (non-hydrogen) atoms. The molecule has 8 nitrogen and oxygen atoms in total. The van der Waals surface area contributed by atoms with E-state index in [1.807, 2.05) is 6.08 Å². The first-order valence-electron chi connectivity index (χ1n) is 9.11. The van der Waals surface area contributed by atoms with Gasteiger partial charge < -0.3 is 14.4 Å². The highest BCUT2D eigenvalue weighted by molar-refractivity contribution is 7.16. The Morgan fingerprint density at radius 1 is 1.25 bits per heavy atom. The quantitative estimate of drug-likeness (QED) is 0.799. The zero-order chi connectivity index (χ0) is 20.3. The first-order chi connectivity index (χ1) is 13.2. The number of carbonyl (C=O) groups excluding carboxylic acids is 1. The number of carbonyl (C=O) groups is 2. The van der Waals surface area contributed by atoms with E-state index >= 15 is 0 Å². The second-order valence-corrected chi connectivity index (χ2v) is 8.81. The number of anilines is 1. The third kappa shape index (κ3) is 4.98. The van der Waals surface area contributed by atoms with Crippen molar-refractivity contribution in [3.63, 3.8) is 0 Å². The first-order valence-corrected chi connectivity index (χ1v) is 9.93. The zero-order valence-electron chi connectivity index (χ0n) is 16.1. The van der Waals surface area contributed by atoms with E-state index in [1.165, 1.54) is 11.3 Å². The fourth-order valence-electron chi connectivity index (χ4n) is 2.79. The summed E-state index contributed by atoms with van der Waals surface area (Å²) in [4.78, 5) is 34.3. The summed E-state index contributed by atoms with van der Waals surface area (Å²) in [6.45, 7) is 7.04. The Balaban J connectivity index is 1.55. The molecule has 3 rings (SSSR count). The van der Waals surface area contributed by atoms with Gasteiger partial charge in [0.05, 0.1) is 12.1 Å². The van der Waals surface area contributed by atoms with E-state index in [0.717, 1.165) is 10.6 Å². The van der Waals surface area contributed by atoms with Crippen LogP contribution in [0, 0.1) is 5.92 Å². The molecule has 1 aliphatic heterocycles. The maximum Gasteiger partial charge on any atom is 0.323 e. The molecule has 0 atom stereocenters. The van der Waals surface area contributed by atoms with Crippen LogP contribution in [-0.4, -0.2) is 45.1 Å². The molecule has 1 fully saturated rings. The van der Waals surface area contributed by atoms with Gasteiger partial charge in [-0.05, 0) is 18.9 Å². The van der Waals surface area contributed by atoms with Gasteiger partial charge in [-0.15, -0.1) is 0 Å². The number of nitrogens with one attached hydrogen (secondary N) is 1. The van der Waals surface area contributed by atoms with Gasteiger partial charge in [0.2, 0.25) is 5.89 Å². The number of aliphatic carboxylic acids is 1. The molecule has 0 unspecified atom stereocenters. The second-order valence-electron chi connectivity index (χ2n) is 7.74. The largest absolute Gasteiger partial charge is 0.481 e. The van der Waals surface area contributed by atoms with Crippen LogP contribution in [0.1, 0.15) is 50.1 Å². The van der Waals surface area contributed by atoms with Crippen LogP contribution in [0.2, 0.25) is 0 Å². The van der Waals surface area contributed by atoms with Gasteiger partial charge in [-0.25, -0.2) is 14.8 Å². The molecule has 2 amide bonds. The van der Waals surface area contributed by atoms with Gasteiger partial charge in [0.15, 0.2) is 5.13 Å². The first kappa shape index (κ1) is 20.1. The molecule has 0 saturated carbocycles. The summed E-state index contributed by atoms with van der Waals surface area (Å²) in [5.41, 5.74) is -0.0973. The van der Waals surface area contributed by atoms with E-state index in [-0.39, 0.29) is 17.4 Å². The second kappa shape index (κ2) is 8.14. The summed E-state index contributed by atoms with van der Waals surface area (Å²) in [5.74, 6) is 0.174. The molecule has 1 saturated heterocycles. The van der Waals surface area contributed by atoms with E-state index in [9.17, 15) is 9.59 Å². The number of carboxylic acids is 1. The van der Waals surface area contributed by atoms with Crippen LogP contribution in [0.5, 0.6) is 0 Å². The minimum atomic E-state index is -0.794. The lowest BCUT2D eigenvalue weighted by molar-refractivity contribution is -0.143. The topological polar surface area (TPSA) is 109 Å². The molecular formula is C19H24N4O4S. The van der Waals surface area contributed by atoms with E-state index in [4.69, 9.17) is 9.52 Å². The molecule has 0 spiro atoms. The average Bonchev–Trinajstić information content (AvgIpc) is 3.29. The monoisotopic (exact) mass is 404 g/mol. The van der Waals surface area contributed by atoms with Crippen LogP contribution in [0.25, 0.3) is 12.2 Å². The number of hydrogen-bond donors (Lipinski definition) is 2. The van der Waals surface area contributed by atoms with Gasteiger partial charge in [-0.1, -0.05) is 32.1 Å².